The Morgan fingerprint density at radius 3 is 2.39 bits per heavy atom. The molecule has 120 valence electrons. The molecule has 0 fully saturated rings. The van der Waals surface area contributed by atoms with Gasteiger partial charge in [0.05, 0.1) is 5.56 Å². The Balaban J connectivity index is 1.81. The molecular formula is C16H13ClF2N2O2. The minimum absolute atomic E-state index is 0.0111. The van der Waals surface area contributed by atoms with Gasteiger partial charge in [0.1, 0.15) is 11.6 Å². The van der Waals surface area contributed by atoms with E-state index in [1.54, 1.807) is 24.3 Å². The molecule has 0 saturated carbocycles. The van der Waals surface area contributed by atoms with Crippen molar-refractivity contribution in [1.82, 2.24) is 5.32 Å². The first-order valence-corrected chi connectivity index (χ1v) is 7.12. The fraction of sp³-hybridized carbons (Fsp3) is 0.125. The van der Waals surface area contributed by atoms with Gasteiger partial charge in [0.25, 0.3) is 5.91 Å². The summed E-state index contributed by atoms with van der Waals surface area (Å²) in [4.78, 5) is 23.4. The van der Waals surface area contributed by atoms with Crippen LogP contribution in [0.25, 0.3) is 0 Å². The Morgan fingerprint density at radius 2 is 1.74 bits per heavy atom. The van der Waals surface area contributed by atoms with Crippen LogP contribution in [0.5, 0.6) is 0 Å². The Labute approximate surface area is 136 Å². The highest BCUT2D eigenvalue weighted by atomic mass is 35.5. The summed E-state index contributed by atoms with van der Waals surface area (Å²) in [5.74, 6) is -2.73. The van der Waals surface area contributed by atoms with Crippen LogP contribution in [0.1, 0.15) is 16.8 Å². The predicted molar refractivity (Wildman–Crippen MR) is 83.4 cm³/mol. The Bertz CT molecular complexity index is 721. The number of halogens is 3. The third kappa shape index (κ3) is 5.03. The van der Waals surface area contributed by atoms with Crippen molar-refractivity contribution < 1.29 is 18.4 Å². The monoisotopic (exact) mass is 338 g/mol. The topological polar surface area (TPSA) is 58.2 Å². The van der Waals surface area contributed by atoms with Crippen molar-refractivity contribution in [3.63, 3.8) is 0 Å². The van der Waals surface area contributed by atoms with Crippen molar-refractivity contribution in [1.29, 1.82) is 0 Å². The van der Waals surface area contributed by atoms with Gasteiger partial charge < -0.3 is 10.6 Å². The van der Waals surface area contributed by atoms with Crippen molar-refractivity contribution >= 4 is 29.1 Å². The van der Waals surface area contributed by atoms with E-state index in [4.69, 9.17) is 11.6 Å². The van der Waals surface area contributed by atoms with Crippen LogP contribution in [0, 0.1) is 11.6 Å². The molecule has 2 amide bonds. The summed E-state index contributed by atoms with van der Waals surface area (Å²) in [7, 11) is 0. The molecule has 0 saturated heterocycles. The molecule has 7 heteroatoms. The molecule has 0 spiro atoms. The van der Waals surface area contributed by atoms with Gasteiger partial charge in [-0.2, -0.15) is 0 Å². The molecule has 0 atom stereocenters. The molecule has 0 aliphatic carbocycles. The summed E-state index contributed by atoms with van der Waals surface area (Å²) in [6.07, 6.45) is 0.0111. The van der Waals surface area contributed by atoms with E-state index >= 15 is 0 Å². The van der Waals surface area contributed by atoms with E-state index < -0.39 is 17.5 Å². The van der Waals surface area contributed by atoms with Crippen LogP contribution >= 0.6 is 11.6 Å². The standard InChI is InChI=1S/C16H13ClF2N2O2/c17-10-1-4-12(5-2-10)21-15(22)7-8-20-16(23)13-6-3-11(18)9-14(13)19/h1-6,9H,7-8H2,(H,20,23)(H,21,22). The van der Waals surface area contributed by atoms with Crippen LogP contribution < -0.4 is 10.6 Å². The number of benzene rings is 2. The van der Waals surface area contributed by atoms with Gasteiger partial charge in [0.2, 0.25) is 5.91 Å². The molecule has 0 radical (unpaired) electrons. The lowest BCUT2D eigenvalue weighted by Crippen LogP contribution is -2.28. The van der Waals surface area contributed by atoms with Gasteiger partial charge in [0.15, 0.2) is 0 Å². The molecule has 0 aromatic heterocycles. The maximum Gasteiger partial charge on any atom is 0.254 e. The number of carbonyl (C=O) groups excluding carboxylic acids is 2. The van der Waals surface area contributed by atoms with Crippen molar-refractivity contribution in [2.75, 3.05) is 11.9 Å². The zero-order valence-electron chi connectivity index (χ0n) is 11.9. The zero-order valence-corrected chi connectivity index (χ0v) is 12.7. The summed E-state index contributed by atoms with van der Waals surface area (Å²) in [6.45, 7) is 0.0229. The molecule has 2 aromatic rings. The van der Waals surface area contributed by atoms with Crippen molar-refractivity contribution in [2.45, 2.75) is 6.42 Å². The lowest BCUT2D eigenvalue weighted by molar-refractivity contribution is -0.116. The molecule has 2 rings (SSSR count). The fourth-order valence-electron chi connectivity index (χ4n) is 1.82. The summed E-state index contributed by atoms with van der Waals surface area (Å²) in [6, 6.07) is 9.23. The summed E-state index contributed by atoms with van der Waals surface area (Å²) in [5, 5.41) is 5.58. The largest absolute Gasteiger partial charge is 0.351 e. The first-order chi connectivity index (χ1) is 11.0. The highest BCUT2D eigenvalue weighted by Gasteiger charge is 2.12. The minimum Gasteiger partial charge on any atom is -0.351 e. The van der Waals surface area contributed by atoms with Crippen LogP contribution in [0.4, 0.5) is 14.5 Å². The van der Waals surface area contributed by atoms with Gasteiger partial charge >= 0.3 is 0 Å². The second kappa shape index (κ2) is 7.69. The molecule has 0 aliphatic rings. The van der Waals surface area contributed by atoms with E-state index in [0.717, 1.165) is 12.1 Å². The zero-order chi connectivity index (χ0) is 16.8. The molecule has 2 aromatic carbocycles. The smallest absolute Gasteiger partial charge is 0.254 e. The quantitative estimate of drug-likeness (QED) is 0.878. The molecule has 4 nitrogen and oxygen atoms in total. The molecule has 0 bridgehead atoms. The van der Waals surface area contributed by atoms with Gasteiger partial charge in [-0.1, -0.05) is 11.6 Å². The average molecular weight is 339 g/mol. The van der Waals surface area contributed by atoms with Crippen LogP contribution in [-0.4, -0.2) is 18.4 Å². The number of nitrogens with one attached hydrogen (secondary N) is 2. The number of hydrogen-bond acceptors (Lipinski definition) is 2. The lowest BCUT2D eigenvalue weighted by Gasteiger charge is -2.07. The Morgan fingerprint density at radius 1 is 1.04 bits per heavy atom. The molecule has 2 N–H and O–H groups in total. The third-order valence-electron chi connectivity index (χ3n) is 2.94. The van der Waals surface area contributed by atoms with E-state index in [-0.39, 0.29) is 24.4 Å². The fourth-order valence-corrected chi connectivity index (χ4v) is 1.94. The van der Waals surface area contributed by atoms with E-state index in [1.807, 2.05) is 0 Å². The van der Waals surface area contributed by atoms with Crippen LogP contribution in [-0.2, 0) is 4.79 Å². The second-order valence-corrected chi connectivity index (χ2v) is 5.12. The SMILES string of the molecule is O=C(CCNC(=O)c1ccc(F)cc1F)Nc1ccc(Cl)cc1. The summed E-state index contributed by atoms with van der Waals surface area (Å²) < 4.78 is 26.2. The highest BCUT2D eigenvalue weighted by molar-refractivity contribution is 6.30. The summed E-state index contributed by atoms with van der Waals surface area (Å²) >= 11 is 5.73. The molecule has 0 heterocycles. The van der Waals surface area contributed by atoms with Crippen molar-refractivity contribution in [2.24, 2.45) is 0 Å². The Kier molecular flexibility index (Phi) is 5.65. The maximum absolute atomic E-state index is 13.4. The number of carbonyl (C=O) groups is 2. The van der Waals surface area contributed by atoms with Gasteiger partial charge in [-0.15, -0.1) is 0 Å². The Hall–Kier alpha value is -2.47. The first kappa shape index (κ1) is 16.9. The van der Waals surface area contributed by atoms with Crippen molar-refractivity contribution in [3.05, 3.63) is 64.7 Å². The highest BCUT2D eigenvalue weighted by Crippen LogP contribution is 2.13. The predicted octanol–water partition coefficient (Wildman–Crippen LogP) is 3.38. The van der Waals surface area contributed by atoms with Gasteiger partial charge in [0, 0.05) is 29.7 Å². The average Bonchev–Trinajstić information content (AvgIpc) is 2.49. The lowest BCUT2D eigenvalue weighted by atomic mass is 10.2. The van der Waals surface area contributed by atoms with E-state index in [9.17, 15) is 18.4 Å². The van der Waals surface area contributed by atoms with Gasteiger partial charge in [-0.3, -0.25) is 9.59 Å². The van der Waals surface area contributed by atoms with E-state index in [0.29, 0.717) is 16.8 Å². The molecular weight excluding hydrogens is 326 g/mol. The normalized spacial score (nSPS) is 10.2. The molecule has 0 aliphatic heterocycles. The minimum atomic E-state index is -0.951. The van der Waals surface area contributed by atoms with Gasteiger partial charge in [-0.05, 0) is 36.4 Å². The first-order valence-electron chi connectivity index (χ1n) is 6.74. The number of anilines is 1. The number of rotatable bonds is 5. The van der Waals surface area contributed by atoms with Crippen LogP contribution in [0.3, 0.4) is 0 Å². The summed E-state index contributed by atoms with van der Waals surface area (Å²) in [5.41, 5.74) is 0.305. The van der Waals surface area contributed by atoms with Gasteiger partial charge in [-0.25, -0.2) is 8.78 Å². The number of hydrogen-bond donors (Lipinski definition) is 2. The molecule has 23 heavy (non-hydrogen) atoms. The van der Waals surface area contributed by atoms with E-state index in [1.165, 1.54) is 0 Å². The maximum atomic E-state index is 13.4. The second-order valence-electron chi connectivity index (χ2n) is 4.69. The van der Waals surface area contributed by atoms with E-state index in [2.05, 4.69) is 10.6 Å². The van der Waals surface area contributed by atoms with Crippen LogP contribution in [0.15, 0.2) is 42.5 Å². The van der Waals surface area contributed by atoms with Crippen molar-refractivity contribution in [3.8, 4) is 0 Å². The third-order valence-corrected chi connectivity index (χ3v) is 3.19. The molecule has 0 unspecified atom stereocenters. The number of amides is 2. The van der Waals surface area contributed by atoms with Crippen LogP contribution in [0.2, 0.25) is 5.02 Å².